The quantitative estimate of drug-likeness (QED) is 0.640. The highest BCUT2D eigenvalue weighted by Gasteiger charge is 2.30. The monoisotopic (exact) mass is 372 g/mol. The number of hydrogen-bond donors (Lipinski definition) is 0. The lowest BCUT2D eigenvalue weighted by molar-refractivity contribution is 0.886. The summed E-state index contributed by atoms with van der Waals surface area (Å²) in [6.45, 7) is 0. The van der Waals surface area contributed by atoms with Gasteiger partial charge in [-0.2, -0.15) is 0 Å². The Kier molecular flexibility index (Phi) is 4.38. The molecule has 0 aliphatic heterocycles. The Balaban J connectivity index is 1.83. The van der Waals surface area contributed by atoms with Crippen molar-refractivity contribution in [3.05, 3.63) is 58.1 Å². The molecule has 0 N–H and O–H groups in total. The first-order valence-corrected chi connectivity index (χ1v) is 10.7. The van der Waals surface area contributed by atoms with Gasteiger partial charge in [0.2, 0.25) is 0 Å². The van der Waals surface area contributed by atoms with Crippen molar-refractivity contribution in [2.24, 2.45) is 0 Å². The molecule has 0 heterocycles. The van der Waals surface area contributed by atoms with Crippen molar-refractivity contribution in [3.63, 3.8) is 0 Å². The van der Waals surface area contributed by atoms with Gasteiger partial charge in [-0.1, -0.05) is 65.2 Å². The van der Waals surface area contributed by atoms with Crippen LogP contribution >= 0.6 is 23.9 Å². The summed E-state index contributed by atoms with van der Waals surface area (Å²) in [5.41, 5.74) is 4.17. The van der Waals surface area contributed by atoms with Gasteiger partial charge in [0.1, 0.15) is 0 Å². The molecule has 2 aromatic carbocycles. The molecule has 0 saturated heterocycles. The minimum atomic E-state index is -0.188. The van der Waals surface area contributed by atoms with Crippen molar-refractivity contribution in [2.75, 3.05) is 0 Å². The second-order valence-electron chi connectivity index (χ2n) is 6.52. The molecular weight excluding hydrogens is 351 g/mol. The molecule has 2 aliphatic rings. The van der Waals surface area contributed by atoms with Gasteiger partial charge in [0, 0.05) is 4.47 Å². The van der Waals surface area contributed by atoms with E-state index in [4.69, 9.17) is 0 Å². The lowest BCUT2D eigenvalue weighted by atomic mass is 10.1. The largest absolute Gasteiger partial charge is 0.0622 e. The third kappa shape index (κ3) is 2.68. The molecule has 1 unspecified atom stereocenters. The van der Waals surface area contributed by atoms with Gasteiger partial charge in [0.05, 0.1) is 0 Å². The van der Waals surface area contributed by atoms with Crippen LogP contribution in [-0.4, -0.2) is 5.66 Å². The SMILES string of the molecule is Brc1ccc(P(c2ccccc2)C2CCCC2)c2c1CCC2. The molecule has 0 aromatic heterocycles. The topological polar surface area (TPSA) is 0 Å². The lowest BCUT2D eigenvalue weighted by Crippen LogP contribution is -2.22. The van der Waals surface area contributed by atoms with Gasteiger partial charge >= 0.3 is 0 Å². The molecule has 1 saturated carbocycles. The van der Waals surface area contributed by atoms with Crippen molar-refractivity contribution in [2.45, 2.75) is 50.6 Å². The van der Waals surface area contributed by atoms with Crippen molar-refractivity contribution in [1.82, 2.24) is 0 Å². The van der Waals surface area contributed by atoms with E-state index in [9.17, 15) is 0 Å². The standard InChI is InChI=1S/C20H22BrP/c21-19-13-14-20(18-12-6-11-17(18)19)22(16-9-4-5-10-16)15-7-2-1-3-8-15/h1-3,7-8,13-14,16H,4-6,9-12H2. The van der Waals surface area contributed by atoms with Crippen molar-refractivity contribution < 1.29 is 0 Å². The van der Waals surface area contributed by atoms with Gasteiger partial charge in [-0.15, -0.1) is 0 Å². The van der Waals surface area contributed by atoms with E-state index in [0.29, 0.717) is 0 Å². The summed E-state index contributed by atoms with van der Waals surface area (Å²) in [5, 5.41) is 3.27. The summed E-state index contributed by atoms with van der Waals surface area (Å²) in [7, 11) is -0.188. The van der Waals surface area contributed by atoms with Gasteiger partial charge in [0.15, 0.2) is 0 Å². The molecule has 1 atom stereocenters. The Bertz CT molecular complexity index is 659. The van der Waals surface area contributed by atoms with E-state index in [2.05, 4.69) is 58.4 Å². The number of rotatable bonds is 3. The average Bonchev–Trinajstić information content (AvgIpc) is 3.23. The van der Waals surface area contributed by atoms with Crippen LogP contribution < -0.4 is 10.6 Å². The number of hydrogen-bond acceptors (Lipinski definition) is 0. The van der Waals surface area contributed by atoms with E-state index in [0.717, 1.165) is 5.66 Å². The van der Waals surface area contributed by atoms with Crippen LogP contribution in [0.15, 0.2) is 46.9 Å². The molecule has 114 valence electrons. The third-order valence-corrected chi connectivity index (χ3v) is 8.97. The Morgan fingerprint density at radius 2 is 1.55 bits per heavy atom. The van der Waals surface area contributed by atoms with Crippen molar-refractivity contribution in [1.29, 1.82) is 0 Å². The molecule has 22 heavy (non-hydrogen) atoms. The van der Waals surface area contributed by atoms with Crippen LogP contribution in [0.5, 0.6) is 0 Å². The maximum absolute atomic E-state index is 3.78. The normalized spacial score (nSPS) is 19.3. The molecule has 0 amide bonds. The van der Waals surface area contributed by atoms with Crippen LogP contribution in [0.1, 0.15) is 43.2 Å². The molecule has 1 fully saturated rings. The van der Waals surface area contributed by atoms with E-state index in [1.54, 1.807) is 21.7 Å². The van der Waals surface area contributed by atoms with Gasteiger partial charge in [0.25, 0.3) is 0 Å². The maximum atomic E-state index is 3.78. The molecule has 0 nitrogen and oxygen atoms in total. The summed E-state index contributed by atoms with van der Waals surface area (Å²) >= 11 is 3.78. The highest BCUT2D eigenvalue weighted by molar-refractivity contribution is 9.10. The van der Waals surface area contributed by atoms with Crippen LogP contribution in [-0.2, 0) is 12.8 Å². The van der Waals surface area contributed by atoms with Gasteiger partial charge in [-0.25, -0.2) is 0 Å². The second kappa shape index (κ2) is 6.46. The molecule has 2 heteroatoms. The van der Waals surface area contributed by atoms with E-state index in [-0.39, 0.29) is 7.92 Å². The van der Waals surface area contributed by atoms with Gasteiger partial charge < -0.3 is 0 Å². The Morgan fingerprint density at radius 3 is 2.32 bits per heavy atom. The fraction of sp³-hybridized carbons (Fsp3) is 0.400. The van der Waals surface area contributed by atoms with Crippen molar-refractivity contribution >= 4 is 34.5 Å². The summed E-state index contributed by atoms with van der Waals surface area (Å²) in [5.74, 6) is 0. The van der Waals surface area contributed by atoms with Crippen LogP contribution in [0, 0.1) is 0 Å². The van der Waals surface area contributed by atoms with Crippen LogP contribution in [0.3, 0.4) is 0 Å². The summed E-state index contributed by atoms with van der Waals surface area (Å²) < 4.78 is 1.33. The number of halogens is 1. The van der Waals surface area contributed by atoms with E-state index in [1.807, 2.05) is 0 Å². The van der Waals surface area contributed by atoms with Gasteiger partial charge in [-0.05, 0) is 73.5 Å². The highest BCUT2D eigenvalue weighted by Crippen LogP contribution is 2.49. The summed E-state index contributed by atoms with van der Waals surface area (Å²) in [6.07, 6.45) is 9.56. The predicted molar refractivity (Wildman–Crippen MR) is 101 cm³/mol. The molecule has 0 radical (unpaired) electrons. The zero-order valence-corrected chi connectivity index (χ0v) is 15.4. The fourth-order valence-corrected chi connectivity index (χ4v) is 7.98. The van der Waals surface area contributed by atoms with E-state index >= 15 is 0 Å². The first-order valence-electron chi connectivity index (χ1n) is 8.49. The summed E-state index contributed by atoms with van der Waals surface area (Å²) in [6, 6.07) is 16.1. The fourth-order valence-electron chi connectivity index (χ4n) is 4.17. The predicted octanol–water partition coefficient (Wildman–Crippen LogP) is 5.31. The molecule has 2 aromatic rings. The number of benzene rings is 2. The minimum Gasteiger partial charge on any atom is -0.0622 e. The molecule has 0 bridgehead atoms. The Hall–Kier alpha value is -0.650. The second-order valence-corrected chi connectivity index (χ2v) is 9.84. The lowest BCUT2D eigenvalue weighted by Gasteiger charge is -2.27. The van der Waals surface area contributed by atoms with E-state index < -0.39 is 0 Å². The molecule has 0 spiro atoms. The molecule has 4 rings (SSSR count). The van der Waals surface area contributed by atoms with Crippen LogP contribution in [0.25, 0.3) is 0 Å². The molecule has 2 aliphatic carbocycles. The van der Waals surface area contributed by atoms with Crippen LogP contribution in [0.4, 0.5) is 0 Å². The highest BCUT2D eigenvalue weighted by atomic mass is 79.9. The smallest absolute Gasteiger partial charge is 0.0210 e. The Labute approximate surface area is 143 Å². The summed E-state index contributed by atoms with van der Waals surface area (Å²) in [4.78, 5) is 0. The Morgan fingerprint density at radius 1 is 0.818 bits per heavy atom. The average molecular weight is 373 g/mol. The van der Waals surface area contributed by atoms with E-state index in [1.165, 1.54) is 49.4 Å². The first-order chi connectivity index (χ1) is 10.8. The van der Waals surface area contributed by atoms with Crippen LogP contribution in [0.2, 0.25) is 0 Å². The third-order valence-electron chi connectivity index (χ3n) is 5.19. The minimum absolute atomic E-state index is 0.188. The number of fused-ring (bicyclic) bond motifs is 1. The zero-order chi connectivity index (χ0) is 14.9. The van der Waals surface area contributed by atoms with Gasteiger partial charge in [-0.3, -0.25) is 0 Å². The maximum Gasteiger partial charge on any atom is 0.0210 e. The molecular formula is C20H22BrP. The van der Waals surface area contributed by atoms with Crippen molar-refractivity contribution in [3.8, 4) is 0 Å². The first kappa shape index (κ1) is 14.9. The zero-order valence-electron chi connectivity index (χ0n) is 12.9.